The molecule has 1 heterocycles. The number of benzene rings is 1. The highest BCUT2D eigenvalue weighted by molar-refractivity contribution is 5.51. The number of aliphatic hydroxyl groups excluding tert-OH is 1. The van der Waals surface area contributed by atoms with Crippen LogP contribution in [0, 0.1) is 17.8 Å². The van der Waals surface area contributed by atoms with Crippen LogP contribution >= 0.6 is 0 Å². The van der Waals surface area contributed by atoms with Crippen molar-refractivity contribution in [2.75, 3.05) is 13.4 Å². The number of ether oxygens (including phenoxy) is 3. The Morgan fingerprint density at radius 2 is 2.00 bits per heavy atom. The van der Waals surface area contributed by atoms with Crippen molar-refractivity contribution in [1.29, 1.82) is 0 Å². The molecule has 0 aromatic heterocycles. The van der Waals surface area contributed by atoms with Crippen LogP contribution in [0.5, 0.6) is 17.2 Å². The van der Waals surface area contributed by atoms with Crippen molar-refractivity contribution in [1.82, 2.24) is 0 Å². The molecule has 0 spiro atoms. The maximum absolute atomic E-state index is 9.47. The number of fused-ring (bicyclic) bond motifs is 3. The Morgan fingerprint density at radius 1 is 1.15 bits per heavy atom. The van der Waals surface area contributed by atoms with Gasteiger partial charge in [0.05, 0.1) is 13.2 Å². The largest absolute Gasteiger partial charge is 0.493 e. The molecule has 20 heavy (non-hydrogen) atoms. The van der Waals surface area contributed by atoms with Gasteiger partial charge < -0.3 is 19.3 Å². The van der Waals surface area contributed by atoms with Gasteiger partial charge in [0, 0.05) is 11.6 Å². The van der Waals surface area contributed by atoms with E-state index in [-0.39, 0.29) is 13.4 Å². The lowest BCUT2D eigenvalue weighted by molar-refractivity contribution is 0.173. The first-order valence-corrected chi connectivity index (χ1v) is 7.49. The van der Waals surface area contributed by atoms with Gasteiger partial charge in [-0.1, -0.05) is 6.42 Å². The molecule has 1 N–H and O–H groups in total. The summed E-state index contributed by atoms with van der Waals surface area (Å²) in [6.45, 7) is 0.965. The van der Waals surface area contributed by atoms with Gasteiger partial charge in [0.2, 0.25) is 6.79 Å². The Morgan fingerprint density at radius 3 is 2.70 bits per heavy atom. The van der Waals surface area contributed by atoms with Crippen LogP contribution in [-0.2, 0) is 6.61 Å². The summed E-state index contributed by atoms with van der Waals surface area (Å²) in [6.07, 6.45) is 5.48. The minimum Gasteiger partial charge on any atom is -0.493 e. The molecule has 2 bridgehead atoms. The quantitative estimate of drug-likeness (QED) is 0.918. The van der Waals surface area contributed by atoms with Gasteiger partial charge in [-0.25, -0.2) is 0 Å². The van der Waals surface area contributed by atoms with Gasteiger partial charge in [-0.2, -0.15) is 0 Å². The smallest absolute Gasteiger partial charge is 0.231 e. The fraction of sp³-hybridized carbons (Fsp3) is 0.625. The molecule has 0 radical (unpaired) electrons. The van der Waals surface area contributed by atoms with Crippen LogP contribution in [0.25, 0.3) is 0 Å². The summed E-state index contributed by atoms with van der Waals surface area (Å²) >= 11 is 0. The summed E-state index contributed by atoms with van der Waals surface area (Å²) in [5.41, 5.74) is 0.775. The highest BCUT2D eigenvalue weighted by Gasteiger charge is 2.39. The number of hydrogen-bond donors (Lipinski definition) is 1. The van der Waals surface area contributed by atoms with E-state index in [0.717, 1.165) is 29.8 Å². The molecular formula is C16H20O4. The van der Waals surface area contributed by atoms with Crippen LogP contribution in [0.4, 0.5) is 0 Å². The molecule has 4 rings (SSSR count). The highest BCUT2D eigenvalue weighted by atomic mass is 16.7. The van der Waals surface area contributed by atoms with Crippen molar-refractivity contribution in [3.8, 4) is 17.2 Å². The van der Waals surface area contributed by atoms with Crippen LogP contribution in [0.15, 0.2) is 12.1 Å². The van der Waals surface area contributed by atoms with Crippen LogP contribution < -0.4 is 14.2 Å². The lowest BCUT2D eigenvalue weighted by atomic mass is 9.89. The van der Waals surface area contributed by atoms with E-state index in [1.807, 2.05) is 12.1 Å². The van der Waals surface area contributed by atoms with Gasteiger partial charge in [-0.15, -0.1) is 0 Å². The summed E-state index contributed by atoms with van der Waals surface area (Å²) in [4.78, 5) is 0. The van der Waals surface area contributed by atoms with Crippen molar-refractivity contribution < 1.29 is 19.3 Å². The minimum atomic E-state index is -0.0390. The molecule has 1 aromatic rings. The van der Waals surface area contributed by atoms with Crippen LogP contribution in [-0.4, -0.2) is 18.5 Å². The second-order valence-electron chi connectivity index (χ2n) is 6.22. The Bertz CT molecular complexity index is 513. The van der Waals surface area contributed by atoms with Gasteiger partial charge >= 0.3 is 0 Å². The molecule has 1 aliphatic heterocycles. The zero-order valence-corrected chi connectivity index (χ0v) is 11.5. The summed E-state index contributed by atoms with van der Waals surface area (Å²) in [6, 6.07) is 3.67. The molecule has 3 atom stereocenters. The van der Waals surface area contributed by atoms with Gasteiger partial charge in [-0.05, 0) is 43.1 Å². The monoisotopic (exact) mass is 276 g/mol. The predicted molar refractivity (Wildman–Crippen MR) is 72.9 cm³/mol. The molecule has 0 amide bonds. The van der Waals surface area contributed by atoms with E-state index in [1.165, 1.54) is 25.7 Å². The second kappa shape index (κ2) is 4.85. The van der Waals surface area contributed by atoms with E-state index in [1.54, 1.807) is 0 Å². The zero-order chi connectivity index (χ0) is 13.5. The molecular weight excluding hydrogens is 256 g/mol. The van der Waals surface area contributed by atoms with E-state index in [9.17, 15) is 5.11 Å². The Kier molecular flexibility index (Phi) is 2.99. The van der Waals surface area contributed by atoms with Gasteiger partial charge in [0.1, 0.15) is 5.75 Å². The van der Waals surface area contributed by atoms with Crippen molar-refractivity contribution in [3.05, 3.63) is 17.7 Å². The molecule has 4 nitrogen and oxygen atoms in total. The van der Waals surface area contributed by atoms with Crippen molar-refractivity contribution in [2.24, 2.45) is 17.8 Å². The molecule has 3 aliphatic rings. The van der Waals surface area contributed by atoms with Crippen molar-refractivity contribution in [2.45, 2.75) is 32.3 Å². The number of hydrogen-bond acceptors (Lipinski definition) is 4. The Hall–Kier alpha value is -1.42. The van der Waals surface area contributed by atoms with E-state index >= 15 is 0 Å². The van der Waals surface area contributed by atoms with Crippen molar-refractivity contribution in [3.63, 3.8) is 0 Å². The summed E-state index contributed by atoms with van der Waals surface area (Å²) in [5, 5.41) is 9.47. The molecule has 2 saturated carbocycles. The molecule has 0 saturated heterocycles. The lowest BCUT2D eigenvalue weighted by Gasteiger charge is -2.22. The van der Waals surface area contributed by atoms with Gasteiger partial charge in [0.25, 0.3) is 0 Å². The second-order valence-corrected chi connectivity index (χ2v) is 6.22. The van der Waals surface area contributed by atoms with E-state index in [4.69, 9.17) is 14.2 Å². The SMILES string of the molecule is OCc1cc2c(cc1OCC1CC3CCC1C3)OCO2. The summed E-state index contributed by atoms with van der Waals surface area (Å²) < 4.78 is 16.7. The first-order valence-electron chi connectivity index (χ1n) is 7.49. The Labute approximate surface area is 118 Å². The molecule has 108 valence electrons. The predicted octanol–water partition coefficient (Wildman–Crippen LogP) is 2.72. The number of aliphatic hydroxyl groups is 1. The standard InChI is InChI=1S/C16H20O4/c17-7-12-5-15-16(20-9-19-15)6-14(12)18-8-13-4-10-1-2-11(13)3-10/h5-6,10-11,13,17H,1-4,7-9H2. The first-order chi connectivity index (χ1) is 9.83. The molecule has 3 unspecified atom stereocenters. The zero-order valence-electron chi connectivity index (χ0n) is 11.5. The lowest BCUT2D eigenvalue weighted by Crippen LogP contribution is -2.18. The summed E-state index contributed by atoms with van der Waals surface area (Å²) in [7, 11) is 0. The third-order valence-electron chi connectivity index (χ3n) is 5.06. The minimum absolute atomic E-state index is 0.0390. The van der Waals surface area contributed by atoms with Crippen molar-refractivity contribution >= 4 is 0 Å². The van der Waals surface area contributed by atoms with Crippen LogP contribution in [0.2, 0.25) is 0 Å². The molecule has 1 aromatic carbocycles. The third kappa shape index (κ3) is 2.03. The maximum Gasteiger partial charge on any atom is 0.231 e. The van der Waals surface area contributed by atoms with E-state index in [2.05, 4.69) is 0 Å². The normalized spacial score (nSPS) is 29.9. The van der Waals surface area contributed by atoms with Crippen LogP contribution in [0.3, 0.4) is 0 Å². The van der Waals surface area contributed by atoms with E-state index in [0.29, 0.717) is 17.4 Å². The number of rotatable bonds is 4. The fourth-order valence-corrected chi connectivity index (χ4v) is 4.00. The molecule has 2 aliphatic carbocycles. The third-order valence-corrected chi connectivity index (χ3v) is 5.06. The Balaban J connectivity index is 1.48. The topological polar surface area (TPSA) is 47.9 Å². The van der Waals surface area contributed by atoms with Crippen LogP contribution in [0.1, 0.15) is 31.2 Å². The fourth-order valence-electron chi connectivity index (χ4n) is 4.00. The first kappa shape index (κ1) is 12.3. The average Bonchev–Trinajstić information content (AvgIpc) is 3.19. The maximum atomic E-state index is 9.47. The van der Waals surface area contributed by atoms with Gasteiger partial charge in [0.15, 0.2) is 11.5 Å². The average molecular weight is 276 g/mol. The molecule has 4 heteroatoms. The molecule has 2 fully saturated rings. The highest BCUT2D eigenvalue weighted by Crippen LogP contribution is 2.48. The van der Waals surface area contributed by atoms with E-state index < -0.39 is 0 Å². The summed E-state index contributed by atoms with van der Waals surface area (Å²) in [5.74, 6) is 4.62. The van der Waals surface area contributed by atoms with Gasteiger partial charge in [-0.3, -0.25) is 0 Å².